The number of aromatic nitrogens is 1. The Hall–Kier alpha value is -2.53. The minimum atomic E-state index is -4.79. The van der Waals surface area contributed by atoms with Crippen molar-refractivity contribution in [3.8, 4) is 5.88 Å². The molecule has 0 bridgehead atoms. The van der Waals surface area contributed by atoms with Gasteiger partial charge in [0.15, 0.2) is 0 Å². The van der Waals surface area contributed by atoms with Crippen molar-refractivity contribution in [3.63, 3.8) is 0 Å². The summed E-state index contributed by atoms with van der Waals surface area (Å²) in [4.78, 5) is 20.0. The summed E-state index contributed by atoms with van der Waals surface area (Å²) in [6, 6.07) is 7.55. The van der Waals surface area contributed by atoms with E-state index in [0.717, 1.165) is 12.1 Å². The highest BCUT2D eigenvalue weighted by Crippen LogP contribution is 2.33. The molecule has 0 aliphatic carbocycles. The minimum absolute atomic E-state index is 0.190. The lowest BCUT2D eigenvalue weighted by atomic mass is 10.2. The predicted octanol–water partition coefficient (Wildman–Crippen LogP) is 3.90. The SMILES string of the molecule is CCOC(=O)N(Oc1cc(C(F)(F)F)cc(Cl)n1)S(=O)(=O)c1ccccc1. The van der Waals surface area contributed by atoms with Gasteiger partial charge < -0.3 is 9.57 Å². The number of amides is 1. The van der Waals surface area contributed by atoms with Gasteiger partial charge in [-0.1, -0.05) is 29.8 Å². The van der Waals surface area contributed by atoms with E-state index in [2.05, 4.69) is 9.72 Å². The highest BCUT2D eigenvalue weighted by atomic mass is 35.5. The number of nitrogens with zero attached hydrogens (tertiary/aromatic N) is 2. The summed E-state index contributed by atoms with van der Waals surface area (Å²) in [7, 11) is -4.61. The molecule has 0 saturated heterocycles. The van der Waals surface area contributed by atoms with Gasteiger partial charge in [0.05, 0.1) is 17.1 Å². The smallest absolute Gasteiger partial charge is 0.447 e. The number of hydrogen-bond acceptors (Lipinski definition) is 6. The van der Waals surface area contributed by atoms with E-state index in [1.54, 1.807) is 0 Å². The maximum atomic E-state index is 12.9. The molecule has 1 aromatic heterocycles. The number of sulfonamides is 1. The van der Waals surface area contributed by atoms with Crippen molar-refractivity contribution in [1.29, 1.82) is 0 Å². The largest absolute Gasteiger partial charge is 0.458 e. The number of hydrogen-bond donors (Lipinski definition) is 0. The summed E-state index contributed by atoms with van der Waals surface area (Å²) in [6.45, 7) is 1.20. The Bertz CT molecular complexity index is 923. The second-order valence-electron chi connectivity index (χ2n) is 4.85. The Morgan fingerprint density at radius 3 is 2.41 bits per heavy atom. The summed E-state index contributed by atoms with van der Waals surface area (Å²) in [5.74, 6) is -0.859. The van der Waals surface area contributed by atoms with E-state index < -0.39 is 38.9 Å². The molecule has 7 nitrogen and oxygen atoms in total. The average Bonchev–Trinajstić information content (AvgIpc) is 2.59. The number of carbonyl (C=O) groups excluding carboxylic acids is 1. The molecule has 146 valence electrons. The highest BCUT2D eigenvalue weighted by molar-refractivity contribution is 7.89. The molecule has 0 N–H and O–H groups in total. The van der Waals surface area contributed by atoms with Crippen LogP contribution in [-0.2, 0) is 20.9 Å². The third-order valence-corrected chi connectivity index (χ3v) is 4.67. The van der Waals surface area contributed by atoms with Crippen LogP contribution in [0.3, 0.4) is 0 Å². The Balaban J connectivity index is 2.48. The summed E-state index contributed by atoms with van der Waals surface area (Å²) < 4.78 is 68.4. The lowest BCUT2D eigenvalue weighted by Gasteiger charge is -2.21. The predicted molar refractivity (Wildman–Crippen MR) is 87.4 cm³/mol. The van der Waals surface area contributed by atoms with Crippen molar-refractivity contribution in [3.05, 3.63) is 53.2 Å². The summed E-state index contributed by atoms with van der Waals surface area (Å²) in [5, 5.41) is -0.610. The zero-order chi connectivity index (χ0) is 20.2. The van der Waals surface area contributed by atoms with Gasteiger partial charge in [0.25, 0.3) is 0 Å². The molecule has 1 heterocycles. The topological polar surface area (TPSA) is 85.8 Å². The maximum Gasteiger partial charge on any atom is 0.458 e. The molecule has 1 amide bonds. The quantitative estimate of drug-likeness (QED) is 0.534. The van der Waals surface area contributed by atoms with Gasteiger partial charge in [-0.3, -0.25) is 0 Å². The number of rotatable bonds is 5. The van der Waals surface area contributed by atoms with Crippen LogP contribution in [0.5, 0.6) is 5.88 Å². The van der Waals surface area contributed by atoms with Crippen LogP contribution in [0.2, 0.25) is 5.15 Å². The van der Waals surface area contributed by atoms with Crippen LogP contribution >= 0.6 is 11.6 Å². The van der Waals surface area contributed by atoms with E-state index in [1.165, 1.54) is 25.1 Å². The molecule has 1 aromatic carbocycles. The maximum absolute atomic E-state index is 12.9. The minimum Gasteiger partial charge on any atom is -0.447 e. The summed E-state index contributed by atoms with van der Waals surface area (Å²) in [5.41, 5.74) is -1.24. The van der Waals surface area contributed by atoms with Crippen LogP contribution in [-0.4, -0.2) is 30.6 Å². The van der Waals surface area contributed by atoms with Gasteiger partial charge in [-0.2, -0.15) is 26.6 Å². The molecule has 0 radical (unpaired) electrons. The van der Waals surface area contributed by atoms with Crippen molar-refractivity contribution in [2.24, 2.45) is 0 Å². The zero-order valence-corrected chi connectivity index (χ0v) is 15.2. The van der Waals surface area contributed by atoms with Crippen molar-refractivity contribution in [2.45, 2.75) is 18.0 Å². The summed E-state index contributed by atoms with van der Waals surface area (Å²) >= 11 is 5.54. The van der Waals surface area contributed by atoms with Crippen molar-refractivity contribution >= 4 is 27.7 Å². The molecule has 0 fully saturated rings. The lowest BCUT2D eigenvalue weighted by molar-refractivity contribution is -0.137. The van der Waals surface area contributed by atoms with E-state index >= 15 is 0 Å². The number of benzene rings is 1. The fourth-order valence-electron chi connectivity index (χ4n) is 1.82. The third-order valence-electron chi connectivity index (χ3n) is 2.95. The molecule has 27 heavy (non-hydrogen) atoms. The first-order valence-corrected chi connectivity index (χ1v) is 9.07. The number of carbonyl (C=O) groups is 1. The molecule has 0 saturated carbocycles. The Labute approximate surface area is 157 Å². The third kappa shape index (κ3) is 5.01. The van der Waals surface area contributed by atoms with E-state index in [4.69, 9.17) is 16.4 Å². The first kappa shape index (κ1) is 20.8. The van der Waals surface area contributed by atoms with Crippen LogP contribution in [0.25, 0.3) is 0 Å². The Morgan fingerprint density at radius 1 is 1.22 bits per heavy atom. The first-order chi connectivity index (χ1) is 12.6. The van der Waals surface area contributed by atoms with E-state index in [9.17, 15) is 26.4 Å². The molecule has 2 rings (SSSR count). The molecular weight excluding hydrogens is 413 g/mol. The normalized spacial score (nSPS) is 11.7. The number of ether oxygens (including phenoxy) is 1. The van der Waals surface area contributed by atoms with Crippen LogP contribution in [0, 0.1) is 0 Å². The molecule has 2 aromatic rings. The lowest BCUT2D eigenvalue weighted by Crippen LogP contribution is -2.40. The Kier molecular flexibility index (Phi) is 6.16. The van der Waals surface area contributed by atoms with Gasteiger partial charge in [-0.25, -0.2) is 4.79 Å². The van der Waals surface area contributed by atoms with Crippen molar-refractivity contribution in [1.82, 2.24) is 9.45 Å². The molecule has 0 aliphatic heterocycles. The number of pyridine rings is 1. The van der Waals surface area contributed by atoms with Crippen LogP contribution < -0.4 is 4.84 Å². The highest BCUT2D eigenvalue weighted by Gasteiger charge is 2.36. The molecule has 12 heteroatoms. The molecule has 0 unspecified atom stereocenters. The second-order valence-corrected chi connectivity index (χ2v) is 6.99. The van der Waals surface area contributed by atoms with Crippen molar-refractivity contribution < 1.29 is 36.0 Å². The molecule has 0 spiro atoms. The average molecular weight is 425 g/mol. The monoisotopic (exact) mass is 424 g/mol. The van der Waals surface area contributed by atoms with E-state index in [1.807, 2.05) is 0 Å². The van der Waals surface area contributed by atoms with Gasteiger partial charge >= 0.3 is 22.3 Å². The van der Waals surface area contributed by atoms with Gasteiger partial charge in [-0.15, -0.1) is 0 Å². The molecule has 0 atom stereocenters. The van der Waals surface area contributed by atoms with Crippen LogP contribution in [0.15, 0.2) is 47.4 Å². The number of halogens is 4. The number of alkyl halides is 3. The fraction of sp³-hybridized carbons (Fsp3) is 0.200. The molecular formula is C15H12ClF3N2O5S. The zero-order valence-electron chi connectivity index (χ0n) is 13.6. The van der Waals surface area contributed by atoms with E-state index in [-0.39, 0.29) is 16.0 Å². The number of hydroxylamine groups is 1. The van der Waals surface area contributed by atoms with Gasteiger partial charge in [0, 0.05) is 6.07 Å². The van der Waals surface area contributed by atoms with Gasteiger partial charge in [0.1, 0.15) is 5.15 Å². The summed E-state index contributed by atoms with van der Waals surface area (Å²) in [6.07, 6.45) is -6.26. The van der Waals surface area contributed by atoms with Gasteiger partial charge in [0.2, 0.25) is 5.88 Å². The fourth-order valence-corrected chi connectivity index (χ4v) is 3.13. The Morgan fingerprint density at radius 2 is 1.85 bits per heavy atom. The van der Waals surface area contributed by atoms with E-state index in [0.29, 0.717) is 12.1 Å². The van der Waals surface area contributed by atoms with Gasteiger partial charge in [-0.05, 0) is 29.6 Å². The molecule has 0 aliphatic rings. The second kappa shape index (κ2) is 8.01. The first-order valence-electron chi connectivity index (χ1n) is 7.25. The standard InChI is InChI=1S/C15H12ClF3N2O5S/c1-2-25-14(22)21(27(23,24)11-6-4-3-5-7-11)26-13-9-10(15(17,18)19)8-12(16)20-13/h3-9H,2H2,1H3. The van der Waals surface area contributed by atoms with Crippen molar-refractivity contribution in [2.75, 3.05) is 6.61 Å². The van der Waals surface area contributed by atoms with Crippen LogP contribution in [0.1, 0.15) is 12.5 Å². The van der Waals surface area contributed by atoms with Crippen LogP contribution in [0.4, 0.5) is 18.0 Å².